The summed E-state index contributed by atoms with van der Waals surface area (Å²) in [4.78, 5) is 35.7. The highest BCUT2D eigenvalue weighted by atomic mass is 31.2. The van der Waals surface area contributed by atoms with Crippen molar-refractivity contribution in [3.8, 4) is 0 Å². The van der Waals surface area contributed by atoms with E-state index in [9.17, 15) is 39.5 Å². The number of aliphatic hydroxyl groups excluding tert-OH is 3. The Morgan fingerprint density at radius 1 is 0.652 bits per heavy atom. The van der Waals surface area contributed by atoms with Crippen molar-refractivity contribution in [1.29, 1.82) is 0 Å². The van der Waals surface area contributed by atoms with Crippen molar-refractivity contribution in [2.45, 2.75) is 224 Å². The van der Waals surface area contributed by atoms with Crippen LogP contribution in [0.2, 0.25) is 0 Å². The summed E-state index contributed by atoms with van der Waals surface area (Å²) in [5.74, 6) is -3.19. The highest BCUT2D eigenvalue weighted by molar-refractivity contribution is 7.47. The molecule has 6 atom stereocenters. The molecule has 1 heterocycles. The van der Waals surface area contributed by atoms with Crippen LogP contribution in [-0.4, -0.2) is 107 Å². The van der Waals surface area contributed by atoms with Crippen LogP contribution in [0.25, 0.3) is 0 Å². The Hall–Kier alpha value is -2.23. The molecule has 0 aliphatic carbocycles. The van der Waals surface area contributed by atoms with Crippen molar-refractivity contribution in [2.24, 2.45) is 0 Å². The number of aliphatic hydroxyl groups is 4. The zero-order valence-electron chi connectivity index (χ0n) is 40.9. The molecule has 0 aromatic carbocycles. The molecule has 0 radical (unpaired) electrons. The average molecular weight is 958 g/mol. The Morgan fingerprint density at radius 2 is 1.11 bits per heavy atom. The van der Waals surface area contributed by atoms with E-state index in [4.69, 9.17) is 23.3 Å². The van der Waals surface area contributed by atoms with Gasteiger partial charge >= 0.3 is 19.8 Å². The van der Waals surface area contributed by atoms with Crippen LogP contribution in [0.3, 0.4) is 0 Å². The monoisotopic (exact) mass is 958 g/mol. The second-order valence-corrected chi connectivity index (χ2v) is 19.1. The highest BCUT2D eigenvalue weighted by Crippen LogP contribution is 2.43. The zero-order chi connectivity index (χ0) is 48.4. The molecule has 0 amide bonds. The normalized spacial score (nSPS) is 20.5. The number of phosphoric acid groups is 1. The predicted octanol–water partition coefficient (Wildman–Crippen LogP) is 10.2. The number of allylic oxidation sites excluding steroid dienone is 8. The van der Waals surface area contributed by atoms with E-state index in [2.05, 4.69) is 67.8 Å². The van der Waals surface area contributed by atoms with Gasteiger partial charge in [-0.1, -0.05) is 172 Å². The lowest BCUT2D eigenvalue weighted by Gasteiger charge is -2.41. The molecule has 384 valence electrons. The van der Waals surface area contributed by atoms with E-state index >= 15 is 0 Å². The van der Waals surface area contributed by atoms with E-state index in [-0.39, 0.29) is 39.1 Å². The third-order valence-electron chi connectivity index (χ3n) is 11.4. The molecule has 0 aromatic rings. The van der Waals surface area contributed by atoms with Gasteiger partial charge in [0.25, 0.3) is 0 Å². The molecule has 1 unspecified atom stereocenters. The number of nitrogens with one attached hydrogen (secondary N) is 1. The SMILES string of the molecule is CCCCC/C=C\C/C=C\C/C=C\C/C=C\CCCCCC(=O)O[C@H](COC(=O)CCCCCCCCCCCCCCCCC)COP(=O)(O)OCCNC[C@@]1(O)OC[C@@H](O)[C@@H](O)[C@@H]1O. The fraction of sp³-hybridized carbons (Fsp3) is 0.804. The second kappa shape index (κ2) is 41.7. The van der Waals surface area contributed by atoms with Crippen LogP contribution < -0.4 is 5.32 Å². The van der Waals surface area contributed by atoms with Gasteiger partial charge in [-0.15, -0.1) is 0 Å². The number of carbonyl (C=O) groups excluding carboxylic acids is 2. The molecular formula is C51H92NO13P. The topological polar surface area (TPSA) is 211 Å². The third kappa shape index (κ3) is 35.0. The number of hydrogen-bond donors (Lipinski definition) is 6. The first kappa shape index (κ1) is 61.8. The fourth-order valence-electron chi connectivity index (χ4n) is 7.29. The van der Waals surface area contributed by atoms with Crippen LogP contribution in [0.1, 0.15) is 194 Å². The Morgan fingerprint density at radius 3 is 1.65 bits per heavy atom. The Kier molecular flexibility index (Phi) is 39.1. The molecule has 66 heavy (non-hydrogen) atoms. The van der Waals surface area contributed by atoms with Gasteiger partial charge in [0.1, 0.15) is 24.9 Å². The van der Waals surface area contributed by atoms with E-state index in [0.717, 1.165) is 64.2 Å². The number of phosphoric ester groups is 1. The zero-order valence-corrected chi connectivity index (χ0v) is 41.8. The molecule has 1 fully saturated rings. The van der Waals surface area contributed by atoms with Crippen molar-refractivity contribution in [1.82, 2.24) is 5.32 Å². The first-order valence-electron chi connectivity index (χ1n) is 25.6. The highest BCUT2D eigenvalue weighted by Gasteiger charge is 2.48. The molecule has 0 saturated carbocycles. The maximum absolute atomic E-state index is 12.8. The first-order chi connectivity index (χ1) is 31.9. The summed E-state index contributed by atoms with van der Waals surface area (Å²) in [7, 11) is -4.66. The number of esters is 2. The van der Waals surface area contributed by atoms with E-state index < -0.39 is 63.2 Å². The van der Waals surface area contributed by atoms with Gasteiger partial charge in [0, 0.05) is 19.4 Å². The first-order valence-corrected chi connectivity index (χ1v) is 27.1. The number of ether oxygens (including phenoxy) is 3. The van der Waals surface area contributed by atoms with Gasteiger partial charge < -0.3 is 44.8 Å². The van der Waals surface area contributed by atoms with Gasteiger partial charge in [0.05, 0.1) is 26.4 Å². The van der Waals surface area contributed by atoms with E-state index in [1.54, 1.807) is 0 Å². The lowest BCUT2D eigenvalue weighted by atomic mass is 9.97. The van der Waals surface area contributed by atoms with E-state index in [0.29, 0.717) is 12.8 Å². The van der Waals surface area contributed by atoms with Crippen molar-refractivity contribution in [2.75, 3.05) is 39.5 Å². The molecule has 1 aliphatic rings. The smallest absolute Gasteiger partial charge is 0.462 e. The maximum atomic E-state index is 12.8. The van der Waals surface area contributed by atoms with E-state index in [1.807, 2.05) is 0 Å². The lowest BCUT2D eigenvalue weighted by Crippen LogP contribution is -2.64. The summed E-state index contributed by atoms with van der Waals surface area (Å²) >= 11 is 0. The molecule has 0 spiro atoms. The quantitative estimate of drug-likeness (QED) is 0.0145. The van der Waals surface area contributed by atoms with Crippen molar-refractivity contribution in [3.63, 3.8) is 0 Å². The summed E-state index contributed by atoms with van der Waals surface area (Å²) in [5, 5.41) is 42.7. The minimum Gasteiger partial charge on any atom is -0.462 e. The molecule has 0 aromatic heterocycles. The summed E-state index contributed by atoms with van der Waals surface area (Å²) in [5.41, 5.74) is 0. The summed E-state index contributed by atoms with van der Waals surface area (Å²) < 4.78 is 38.8. The summed E-state index contributed by atoms with van der Waals surface area (Å²) in [6.45, 7) is 2.30. The van der Waals surface area contributed by atoms with E-state index in [1.165, 1.54) is 89.9 Å². The van der Waals surface area contributed by atoms with Crippen molar-refractivity contribution >= 4 is 19.8 Å². The fourth-order valence-corrected chi connectivity index (χ4v) is 8.04. The molecule has 0 bridgehead atoms. The Bertz CT molecular complexity index is 1360. The molecule has 1 rings (SSSR count). The number of unbranched alkanes of at least 4 members (excludes halogenated alkanes) is 20. The Labute approximate surface area is 398 Å². The maximum Gasteiger partial charge on any atom is 0.472 e. The minimum absolute atomic E-state index is 0.0945. The standard InChI is InChI=1S/C51H92NO13P/c1-3-5-7-9-11-13-15-17-19-20-21-22-24-26-28-30-32-34-36-38-48(55)65-45(41-61-47(54)37-35-33-31-29-27-25-23-18-16-14-12-10-8-6-4-2)42-64-66(59,60)63-40-39-52-44-51(58)50(57)49(56)46(53)43-62-51/h11,13,17,19,21-22,26,28,45-46,49-50,52-53,56-58H,3-10,12,14-16,18,20,23-25,27,29-44H2,1-2H3,(H,59,60)/b13-11-,19-17-,22-21-,28-26-/t45-,46-,49-,50+,51-/m1/s1. The lowest BCUT2D eigenvalue weighted by molar-refractivity contribution is -0.317. The van der Waals surface area contributed by atoms with Crippen molar-refractivity contribution in [3.05, 3.63) is 48.6 Å². The van der Waals surface area contributed by atoms with Gasteiger partial charge in [0.15, 0.2) is 6.10 Å². The number of hydrogen-bond acceptors (Lipinski definition) is 13. The molecule has 14 nitrogen and oxygen atoms in total. The molecular weight excluding hydrogens is 866 g/mol. The summed E-state index contributed by atoms with van der Waals surface area (Å²) in [6.07, 6.45) is 41.1. The second-order valence-electron chi connectivity index (χ2n) is 17.6. The number of rotatable bonds is 44. The predicted molar refractivity (Wildman–Crippen MR) is 262 cm³/mol. The van der Waals surface area contributed by atoms with Gasteiger partial charge in [-0.25, -0.2) is 4.57 Å². The van der Waals surface area contributed by atoms with Gasteiger partial charge in [-0.05, 0) is 57.8 Å². The molecule has 1 saturated heterocycles. The van der Waals surface area contributed by atoms with Gasteiger partial charge in [0.2, 0.25) is 5.79 Å². The third-order valence-corrected chi connectivity index (χ3v) is 12.4. The van der Waals surface area contributed by atoms with Crippen LogP contribution in [-0.2, 0) is 37.4 Å². The van der Waals surface area contributed by atoms with Crippen LogP contribution in [0.4, 0.5) is 0 Å². The van der Waals surface area contributed by atoms with Crippen LogP contribution in [0, 0.1) is 0 Å². The van der Waals surface area contributed by atoms with Gasteiger partial charge in [-0.2, -0.15) is 0 Å². The van der Waals surface area contributed by atoms with Crippen LogP contribution in [0.15, 0.2) is 48.6 Å². The molecule has 1 aliphatic heterocycles. The summed E-state index contributed by atoms with van der Waals surface area (Å²) in [6, 6.07) is 0. The Balaban J connectivity index is 2.42. The molecule has 6 N–H and O–H groups in total. The van der Waals surface area contributed by atoms with Crippen molar-refractivity contribution < 1.29 is 62.7 Å². The largest absolute Gasteiger partial charge is 0.472 e. The van der Waals surface area contributed by atoms with Gasteiger partial charge in [-0.3, -0.25) is 18.6 Å². The van der Waals surface area contributed by atoms with Crippen LogP contribution >= 0.6 is 7.82 Å². The average Bonchev–Trinajstić information content (AvgIpc) is 3.30. The number of carbonyl (C=O) groups is 2. The minimum atomic E-state index is -4.66. The molecule has 15 heteroatoms. The van der Waals surface area contributed by atoms with Crippen LogP contribution in [0.5, 0.6) is 0 Å².